The maximum Gasteiger partial charge on any atom is 0.0996 e. The molecule has 0 bridgehead atoms. The van der Waals surface area contributed by atoms with Gasteiger partial charge in [0.05, 0.1) is 11.9 Å². The van der Waals surface area contributed by atoms with Crippen LogP contribution in [-0.2, 0) is 0 Å². The van der Waals surface area contributed by atoms with E-state index in [0.717, 1.165) is 6.54 Å². The molecule has 1 heterocycles. The molecule has 1 aliphatic rings. The van der Waals surface area contributed by atoms with Gasteiger partial charge in [0.1, 0.15) is 0 Å². The summed E-state index contributed by atoms with van der Waals surface area (Å²) >= 11 is 0. The molecular weight excluding hydrogens is 148 g/mol. The second kappa shape index (κ2) is 3.92. The first kappa shape index (κ1) is 9.56. The van der Waals surface area contributed by atoms with Gasteiger partial charge in [-0.15, -0.1) is 0 Å². The van der Waals surface area contributed by atoms with Crippen molar-refractivity contribution < 1.29 is 0 Å². The van der Waals surface area contributed by atoms with Crippen molar-refractivity contribution in [2.24, 2.45) is 16.8 Å². The van der Waals surface area contributed by atoms with E-state index in [1.54, 1.807) is 0 Å². The second-order valence-corrected chi connectivity index (χ2v) is 4.02. The minimum absolute atomic E-state index is 0.508. The van der Waals surface area contributed by atoms with E-state index in [4.69, 9.17) is 0 Å². The normalized spacial score (nSPS) is 25.4. The standard InChI is InChI=1S/C10H20N2/c1-5-8(4)10-11-6-9(12-10)7(2)3/h7-9H,5-6H2,1-4H3,(H,11,12). The summed E-state index contributed by atoms with van der Waals surface area (Å²) in [5.74, 6) is 2.49. The van der Waals surface area contributed by atoms with Gasteiger partial charge in [-0.1, -0.05) is 27.7 Å². The van der Waals surface area contributed by atoms with Crippen molar-refractivity contribution in [1.29, 1.82) is 0 Å². The minimum atomic E-state index is 0.508. The van der Waals surface area contributed by atoms with Gasteiger partial charge in [-0.25, -0.2) is 0 Å². The van der Waals surface area contributed by atoms with Crippen molar-refractivity contribution >= 4 is 5.84 Å². The molecule has 0 fully saturated rings. The number of aliphatic imine (C=N–C) groups is 1. The van der Waals surface area contributed by atoms with Crippen molar-refractivity contribution in [3.05, 3.63) is 0 Å². The fourth-order valence-corrected chi connectivity index (χ4v) is 1.36. The number of hydrogen-bond donors (Lipinski definition) is 1. The maximum absolute atomic E-state index is 4.66. The zero-order valence-electron chi connectivity index (χ0n) is 8.59. The molecule has 0 aromatic carbocycles. The van der Waals surface area contributed by atoms with Crippen LogP contribution in [0, 0.1) is 11.8 Å². The minimum Gasteiger partial charge on any atom is -0.371 e. The molecule has 0 amide bonds. The van der Waals surface area contributed by atoms with E-state index in [1.165, 1.54) is 12.3 Å². The smallest absolute Gasteiger partial charge is 0.0996 e. The molecule has 2 heteroatoms. The Morgan fingerprint density at radius 1 is 1.50 bits per heavy atom. The van der Waals surface area contributed by atoms with E-state index in [1.807, 2.05) is 0 Å². The van der Waals surface area contributed by atoms with Gasteiger partial charge in [0.2, 0.25) is 0 Å². The van der Waals surface area contributed by atoms with Crippen molar-refractivity contribution in [2.75, 3.05) is 6.54 Å². The average molecular weight is 168 g/mol. The summed E-state index contributed by atoms with van der Waals surface area (Å²) in [6, 6.07) is 0.508. The zero-order valence-corrected chi connectivity index (χ0v) is 8.59. The van der Waals surface area contributed by atoms with Gasteiger partial charge >= 0.3 is 0 Å². The lowest BCUT2D eigenvalue weighted by Crippen LogP contribution is -2.26. The summed E-state index contributed by atoms with van der Waals surface area (Å²) in [5, 5.41) is 3.39. The molecule has 0 saturated heterocycles. The molecule has 0 aliphatic carbocycles. The molecule has 2 unspecified atom stereocenters. The molecule has 2 atom stereocenters. The van der Waals surface area contributed by atoms with Gasteiger partial charge in [-0.2, -0.15) is 0 Å². The van der Waals surface area contributed by atoms with Crippen molar-refractivity contribution in [3.63, 3.8) is 0 Å². The summed E-state index contributed by atoms with van der Waals surface area (Å²) in [7, 11) is 0. The average Bonchev–Trinajstić information content (AvgIpc) is 2.51. The van der Waals surface area contributed by atoms with Crippen LogP contribution in [0.2, 0.25) is 0 Å². The first-order valence-electron chi connectivity index (χ1n) is 4.96. The highest BCUT2D eigenvalue weighted by molar-refractivity contribution is 5.85. The molecule has 0 spiro atoms. The summed E-state index contributed by atoms with van der Waals surface area (Å²) in [5.41, 5.74) is 0. The van der Waals surface area contributed by atoms with Gasteiger partial charge in [0.25, 0.3) is 0 Å². The van der Waals surface area contributed by atoms with Crippen LogP contribution in [0.4, 0.5) is 0 Å². The molecule has 0 aromatic heterocycles. The van der Waals surface area contributed by atoms with Gasteiger partial charge in [0.15, 0.2) is 0 Å². The van der Waals surface area contributed by atoms with Gasteiger partial charge < -0.3 is 5.32 Å². The topological polar surface area (TPSA) is 24.4 Å². The van der Waals surface area contributed by atoms with Crippen molar-refractivity contribution in [2.45, 2.75) is 40.2 Å². The zero-order chi connectivity index (χ0) is 9.14. The van der Waals surface area contributed by atoms with Crippen LogP contribution in [0.1, 0.15) is 34.1 Å². The highest BCUT2D eigenvalue weighted by Crippen LogP contribution is 2.14. The number of nitrogens with zero attached hydrogens (tertiary/aromatic N) is 1. The fraction of sp³-hybridized carbons (Fsp3) is 0.900. The van der Waals surface area contributed by atoms with Crippen LogP contribution >= 0.6 is 0 Å². The Balaban J connectivity index is 2.53. The molecule has 12 heavy (non-hydrogen) atoms. The Labute approximate surface area is 75.5 Å². The molecule has 1 rings (SSSR count). The lowest BCUT2D eigenvalue weighted by molar-refractivity contribution is 0.512. The maximum atomic E-state index is 4.66. The molecule has 1 N–H and O–H groups in total. The summed E-state index contributed by atoms with van der Waals surface area (Å²) in [6.07, 6.45) is 1.18. The molecule has 2 nitrogen and oxygen atoms in total. The predicted octanol–water partition coefficient (Wildman–Crippen LogP) is 2.06. The highest BCUT2D eigenvalue weighted by atomic mass is 15.1. The fourth-order valence-electron chi connectivity index (χ4n) is 1.36. The Morgan fingerprint density at radius 3 is 2.58 bits per heavy atom. The van der Waals surface area contributed by atoms with E-state index in [0.29, 0.717) is 17.9 Å². The molecule has 70 valence electrons. The lowest BCUT2D eigenvalue weighted by atomic mass is 10.1. The number of rotatable bonds is 3. The first-order chi connectivity index (χ1) is 5.65. The Kier molecular flexibility index (Phi) is 3.12. The number of hydrogen-bond acceptors (Lipinski definition) is 2. The molecule has 1 aliphatic heterocycles. The predicted molar refractivity (Wildman–Crippen MR) is 53.5 cm³/mol. The Morgan fingerprint density at radius 2 is 2.17 bits per heavy atom. The highest BCUT2D eigenvalue weighted by Gasteiger charge is 2.21. The van der Waals surface area contributed by atoms with E-state index >= 15 is 0 Å². The monoisotopic (exact) mass is 168 g/mol. The summed E-state index contributed by atoms with van der Waals surface area (Å²) in [4.78, 5) is 4.66. The quantitative estimate of drug-likeness (QED) is 0.685. The Hall–Kier alpha value is -0.530. The third kappa shape index (κ3) is 1.99. The van der Waals surface area contributed by atoms with E-state index in [-0.39, 0.29) is 0 Å². The van der Waals surface area contributed by atoms with E-state index in [2.05, 4.69) is 38.0 Å². The van der Waals surface area contributed by atoms with Crippen molar-refractivity contribution in [1.82, 2.24) is 5.32 Å². The van der Waals surface area contributed by atoms with E-state index in [9.17, 15) is 0 Å². The Bertz CT molecular complexity index is 173. The molecular formula is C10H20N2. The summed E-state index contributed by atoms with van der Waals surface area (Å²) < 4.78 is 0. The van der Waals surface area contributed by atoms with Crippen molar-refractivity contribution in [3.8, 4) is 0 Å². The van der Waals surface area contributed by atoms with E-state index < -0.39 is 0 Å². The largest absolute Gasteiger partial charge is 0.371 e. The SMILES string of the molecule is CCC(C)C1=NC(C(C)C)CN1. The third-order valence-corrected chi connectivity index (χ3v) is 2.65. The molecule has 0 radical (unpaired) electrons. The van der Waals surface area contributed by atoms with Crippen LogP contribution in [0.3, 0.4) is 0 Å². The third-order valence-electron chi connectivity index (χ3n) is 2.65. The number of nitrogens with one attached hydrogen (secondary N) is 1. The molecule has 0 aromatic rings. The van der Waals surface area contributed by atoms with Crippen LogP contribution in [0.25, 0.3) is 0 Å². The summed E-state index contributed by atoms with van der Waals surface area (Å²) in [6.45, 7) is 9.94. The molecule has 0 saturated carbocycles. The number of amidine groups is 1. The van der Waals surface area contributed by atoms with Crippen LogP contribution in [0.5, 0.6) is 0 Å². The van der Waals surface area contributed by atoms with Gasteiger partial charge in [-0.3, -0.25) is 4.99 Å². The lowest BCUT2D eigenvalue weighted by Gasteiger charge is -2.08. The van der Waals surface area contributed by atoms with Gasteiger partial charge in [0, 0.05) is 12.5 Å². The van der Waals surface area contributed by atoms with Crippen LogP contribution in [0.15, 0.2) is 4.99 Å². The first-order valence-corrected chi connectivity index (χ1v) is 4.96. The van der Waals surface area contributed by atoms with Crippen LogP contribution < -0.4 is 5.32 Å². The second-order valence-electron chi connectivity index (χ2n) is 4.02. The van der Waals surface area contributed by atoms with Crippen LogP contribution in [-0.4, -0.2) is 18.4 Å². The van der Waals surface area contributed by atoms with Gasteiger partial charge in [-0.05, 0) is 12.3 Å².